The number of hydrogen-bond donors (Lipinski definition) is 3. The molecule has 0 aliphatic heterocycles. The van der Waals surface area contributed by atoms with Crippen LogP contribution >= 0.6 is 0 Å². The molecule has 0 radical (unpaired) electrons. The van der Waals surface area contributed by atoms with E-state index in [-0.39, 0.29) is 19.1 Å². The van der Waals surface area contributed by atoms with Gasteiger partial charge in [-0.05, 0) is 73.2 Å². The highest BCUT2D eigenvalue weighted by molar-refractivity contribution is 6.03. The lowest BCUT2D eigenvalue weighted by Crippen LogP contribution is -2.26. The minimum absolute atomic E-state index is 0.0888. The number of hydrogen-bond acceptors (Lipinski definition) is 5. The van der Waals surface area contributed by atoms with E-state index in [9.17, 15) is 10.0 Å². The first-order valence-electron chi connectivity index (χ1n) is 10.3. The van der Waals surface area contributed by atoms with Crippen molar-refractivity contribution >= 4 is 11.6 Å². The van der Waals surface area contributed by atoms with E-state index in [0.717, 1.165) is 33.5 Å². The zero-order valence-corrected chi connectivity index (χ0v) is 17.8. The number of carbonyl (C=O) groups excluding carboxylic acids is 1. The summed E-state index contributed by atoms with van der Waals surface area (Å²) in [6, 6.07) is 17.3. The Hall–Kier alpha value is -3.51. The third-order valence-electron chi connectivity index (χ3n) is 5.24. The second-order valence-electron chi connectivity index (χ2n) is 7.39. The zero-order valence-electron chi connectivity index (χ0n) is 17.8. The van der Waals surface area contributed by atoms with E-state index < -0.39 is 0 Å². The molecule has 0 unspecified atom stereocenters. The summed E-state index contributed by atoms with van der Waals surface area (Å²) >= 11 is 0. The lowest BCUT2D eigenvalue weighted by molar-refractivity contribution is 0.0944. The van der Waals surface area contributed by atoms with E-state index in [1.807, 2.05) is 50.2 Å². The van der Waals surface area contributed by atoms with Crippen molar-refractivity contribution in [3.63, 3.8) is 0 Å². The van der Waals surface area contributed by atoms with Gasteiger partial charge >= 0.3 is 0 Å². The predicted molar refractivity (Wildman–Crippen MR) is 122 cm³/mol. The highest BCUT2D eigenvalue weighted by Gasteiger charge is 2.13. The topological polar surface area (TPSA) is 94.8 Å². The molecular weight excluding hydrogens is 390 g/mol. The van der Waals surface area contributed by atoms with Gasteiger partial charge in [0.1, 0.15) is 0 Å². The van der Waals surface area contributed by atoms with Crippen LogP contribution in [0.3, 0.4) is 0 Å². The van der Waals surface area contributed by atoms with Gasteiger partial charge in [0.15, 0.2) is 0 Å². The van der Waals surface area contributed by atoms with E-state index in [1.165, 1.54) is 0 Å². The van der Waals surface area contributed by atoms with Gasteiger partial charge in [-0.15, -0.1) is 0 Å². The van der Waals surface area contributed by atoms with Crippen molar-refractivity contribution in [1.29, 1.82) is 0 Å². The van der Waals surface area contributed by atoms with Crippen LogP contribution in [-0.4, -0.2) is 40.1 Å². The Bertz CT molecular complexity index is 1080. The first-order valence-corrected chi connectivity index (χ1v) is 10.3. The van der Waals surface area contributed by atoms with Gasteiger partial charge in [0, 0.05) is 29.6 Å². The molecule has 0 aliphatic rings. The number of nitrogens with zero attached hydrogens (tertiary/aromatic N) is 2. The fraction of sp³-hybridized carbons (Fsp3) is 0.240. The minimum Gasteiger partial charge on any atom is -0.411 e. The van der Waals surface area contributed by atoms with Crippen LogP contribution in [0.4, 0.5) is 0 Å². The maximum atomic E-state index is 11.9. The van der Waals surface area contributed by atoms with Crippen molar-refractivity contribution in [2.45, 2.75) is 26.7 Å². The first-order chi connectivity index (χ1) is 15.0. The smallest absolute Gasteiger partial charge is 0.251 e. The number of oxime groups is 1. The molecule has 1 aromatic heterocycles. The summed E-state index contributed by atoms with van der Waals surface area (Å²) in [7, 11) is 0. The average molecular weight is 418 g/mol. The first kappa shape index (κ1) is 22.2. The van der Waals surface area contributed by atoms with Gasteiger partial charge in [-0.1, -0.05) is 35.5 Å². The van der Waals surface area contributed by atoms with Gasteiger partial charge < -0.3 is 15.6 Å². The molecule has 0 aliphatic carbocycles. The summed E-state index contributed by atoms with van der Waals surface area (Å²) in [4.78, 5) is 16.2. The summed E-state index contributed by atoms with van der Waals surface area (Å²) in [5.41, 5.74) is 7.29. The Balaban J connectivity index is 1.74. The summed E-state index contributed by atoms with van der Waals surface area (Å²) in [5.74, 6) is -0.211. The number of rotatable bonds is 8. The van der Waals surface area contributed by atoms with Crippen molar-refractivity contribution in [3.05, 3.63) is 88.7 Å². The molecule has 3 rings (SSSR count). The molecule has 3 aromatic rings. The SMILES string of the molecule is Cc1cc(-c2cccc(C(CCc3ccc(C(=O)NCCO)cc3)=NO)c2C)ccn1. The number of aliphatic hydroxyl groups excluding tert-OH is 1. The molecule has 0 atom stereocenters. The molecule has 3 N–H and O–H groups in total. The molecule has 0 bridgehead atoms. The third-order valence-corrected chi connectivity index (χ3v) is 5.24. The largest absolute Gasteiger partial charge is 0.411 e. The van der Waals surface area contributed by atoms with Crippen molar-refractivity contribution in [2.75, 3.05) is 13.2 Å². The fourth-order valence-electron chi connectivity index (χ4n) is 3.57. The van der Waals surface area contributed by atoms with Crippen molar-refractivity contribution in [2.24, 2.45) is 5.16 Å². The average Bonchev–Trinajstić information content (AvgIpc) is 2.79. The van der Waals surface area contributed by atoms with Crippen LogP contribution in [0.25, 0.3) is 11.1 Å². The van der Waals surface area contributed by atoms with Crippen molar-refractivity contribution in [3.8, 4) is 11.1 Å². The molecule has 1 amide bonds. The predicted octanol–water partition coefficient (Wildman–Crippen LogP) is 3.90. The number of aromatic nitrogens is 1. The van der Waals surface area contributed by atoms with Gasteiger partial charge in [0.2, 0.25) is 0 Å². The number of pyridine rings is 1. The van der Waals surface area contributed by atoms with Gasteiger partial charge in [-0.3, -0.25) is 9.78 Å². The monoisotopic (exact) mass is 417 g/mol. The molecule has 2 aromatic carbocycles. The fourth-order valence-corrected chi connectivity index (χ4v) is 3.57. The van der Waals surface area contributed by atoms with E-state index in [2.05, 4.69) is 21.5 Å². The third kappa shape index (κ3) is 5.55. The molecule has 0 fully saturated rings. The van der Waals surface area contributed by atoms with Gasteiger partial charge in [0.05, 0.1) is 12.3 Å². The summed E-state index contributed by atoms with van der Waals surface area (Å²) in [6.45, 7) is 4.14. The summed E-state index contributed by atoms with van der Waals surface area (Å²) < 4.78 is 0. The number of carbonyl (C=O) groups is 1. The van der Waals surface area contributed by atoms with Crippen LogP contribution < -0.4 is 5.32 Å². The molecule has 31 heavy (non-hydrogen) atoms. The number of nitrogens with one attached hydrogen (secondary N) is 1. The standard InChI is InChI=1S/C25H27N3O3/c1-17-16-21(12-13-26-17)22-4-3-5-23(18(22)2)24(28-31)11-8-19-6-9-20(10-7-19)25(30)27-14-15-29/h3-7,9-10,12-13,16,29,31H,8,11,14-15H2,1-2H3,(H,27,30). The highest BCUT2D eigenvalue weighted by atomic mass is 16.4. The Kier molecular flexibility index (Phi) is 7.51. The van der Waals surface area contributed by atoms with Gasteiger partial charge in [-0.25, -0.2) is 0 Å². The molecule has 0 spiro atoms. The molecule has 1 heterocycles. The van der Waals surface area contributed by atoms with E-state index in [0.29, 0.717) is 24.1 Å². The molecule has 6 heteroatoms. The number of aryl methyl sites for hydroxylation is 2. The lowest BCUT2D eigenvalue weighted by Gasteiger charge is -2.13. The minimum atomic E-state index is -0.211. The maximum absolute atomic E-state index is 11.9. The van der Waals surface area contributed by atoms with Crippen LogP contribution in [0.15, 0.2) is 65.9 Å². The molecule has 0 saturated heterocycles. The Labute approximate surface area is 182 Å². The zero-order chi connectivity index (χ0) is 22.2. The molecule has 6 nitrogen and oxygen atoms in total. The lowest BCUT2D eigenvalue weighted by atomic mass is 9.92. The van der Waals surface area contributed by atoms with Crippen molar-refractivity contribution in [1.82, 2.24) is 10.3 Å². The van der Waals surface area contributed by atoms with Crippen LogP contribution in [0.5, 0.6) is 0 Å². The second-order valence-corrected chi connectivity index (χ2v) is 7.39. The Morgan fingerprint density at radius 3 is 2.55 bits per heavy atom. The van der Waals surface area contributed by atoms with E-state index in [1.54, 1.807) is 18.3 Å². The Morgan fingerprint density at radius 1 is 1.10 bits per heavy atom. The van der Waals surface area contributed by atoms with Crippen LogP contribution in [-0.2, 0) is 6.42 Å². The van der Waals surface area contributed by atoms with E-state index >= 15 is 0 Å². The quantitative estimate of drug-likeness (QED) is 0.294. The molecule has 160 valence electrons. The second kappa shape index (κ2) is 10.5. The normalized spacial score (nSPS) is 11.4. The van der Waals surface area contributed by atoms with Crippen molar-refractivity contribution < 1.29 is 15.1 Å². The Morgan fingerprint density at radius 2 is 1.87 bits per heavy atom. The van der Waals surface area contributed by atoms with Crippen LogP contribution in [0, 0.1) is 13.8 Å². The maximum Gasteiger partial charge on any atom is 0.251 e. The van der Waals surface area contributed by atoms with Gasteiger partial charge in [-0.2, -0.15) is 0 Å². The summed E-state index contributed by atoms with van der Waals surface area (Å²) in [5, 5.41) is 24.7. The highest BCUT2D eigenvalue weighted by Crippen LogP contribution is 2.27. The number of aliphatic hydroxyl groups is 1. The van der Waals surface area contributed by atoms with Crippen LogP contribution in [0.2, 0.25) is 0 Å². The summed E-state index contributed by atoms with van der Waals surface area (Å²) in [6.07, 6.45) is 3.04. The number of benzene rings is 2. The van der Waals surface area contributed by atoms with E-state index in [4.69, 9.17) is 5.11 Å². The molecule has 0 saturated carbocycles. The number of amides is 1. The molecular formula is C25H27N3O3. The van der Waals surface area contributed by atoms with Gasteiger partial charge in [0.25, 0.3) is 5.91 Å². The van der Waals surface area contributed by atoms with Crippen LogP contribution in [0.1, 0.15) is 39.2 Å².